The first-order valence-electron chi connectivity index (χ1n) is 7.47. The van der Waals surface area contributed by atoms with Gasteiger partial charge in [0.2, 0.25) is 5.91 Å². The maximum atomic E-state index is 12.6. The van der Waals surface area contributed by atoms with E-state index in [1.807, 2.05) is 43.0 Å². The van der Waals surface area contributed by atoms with Gasteiger partial charge in [-0.3, -0.25) is 4.79 Å². The molecule has 1 aliphatic rings. The van der Waals surface area contributed by atoms with E-state index in [1.165, 1.54) is 17.3 Å². The topological polar surface area (TPSA) is 46.1 Å². The van der Waals surface area contributed by atoms with Crippen LogP contribution in [-0.2, 0) is 11.2 Å². The Bertz CT molecular complexity index is 682. The largest absolute Gasteiger partial charge is 0.311 e. The van der Waals surface area contributed by atoms with Gasteiger partial charge in [0.15, 0.2) is 5.16 Å². The summed E-state index contributed by atoms with van der Waals surface area (Å²) in [7, 11) is 0. The number of aryl methyl sites for hydroxylation is 3. The van der Waals surface area contributed by atoms with Crippen LogP contribution < -0.4 is 4.90 Å². The molecule has 0 saturated carbocycles. The number of hydrogen-bond acceptors (Lipinski definition) is 4. The minimum atomic E-state index is 0.125. The van der Waals surface area contributed by atoms with Crippen molar-refractivity contribution in [1.82, 2.24) is 9.97 Å². The van der Waals surface area contributed by atoms with Gasteiger partial charge in [-0.25, -0.2) is 9.97 Å². The monoisotopic (exact) mass is 313 g/mol. The van der Waals surface area contributed by atoms with Crippen LogP contribution in [0, 0.1) is 13.8 Å². The summed E-state index contributed by atoms with van der Waals surface area (Å²) in [6, 6.07) is 10.1. The number of thioether (sulfide) groups is 1. The number of rotatable bonds is 3. The molecule has 0 N–H and O–H groups in total. The van der Waals surface area contributed by atoms with E-state index in [9.17, 15) is 4.79 Å². The van der Waals surface area contributed by atoms with Crippen LogP contribution in [0.5, 0.6) is 0 Å². The number of nitrogens with zero attached hydrogens (tertiary/aromatic N) is 3. The highest BCUT2D eigenvalue weighted by atomic mass is 32.2. The van der Waals surface area contributed by atoms with Crippen molar-refractivity contribution in [2.75, 3.05) is 17.2 Å². The number of amides is 1. The van der Waals surface area contributed by atoms with Gasteiger partial charge in [-0.05, 0) is 44.4 Å². The molecule has 1 aromatic carbocycles. The number of carbonyl (C=O) groups is 1. The highest BCUT2D eigenvalue weighted by molar-refractivity contribution is 7.99. The maximum Gasteiger partial charge on any atom is 0.237 e. The minimum absolute atomic E-state index is 0.125. The Hall–Kier alpha value is -1.88. The van der Waals surface area contributed by atoms with Crippen LogP contribution in [0.2, 0.25) is 0 Å². The van der Waals surface area contributed by atoms with Gasteiger partial charge < -0.3 is 4.90 Å². The average molecular weight is 313 g/mol. The van der Waals surface area contributed by atoms with E-state index in [0.29, 0.717) is 10.9 Å². The third-order valence-electron chi connectivity index (χ3n) is 3.70. The Morgan fingerprint density at radius 1 is 1.23 bits per heavy atom. The van der Waals surface area contributed by atoms with Gasteiger partial charge in [0.1, 0.15) is 0 Å². The van der Waals surface area contributed by atoms with Crippen LogP contribution in [0.25, 0.3) is 0 Å². The van der Waals surface area contributed by atoms with Crippen LogP contribution in [-0.4, -0.2) is 28.2 Å². The lowest BCUT2D eigenvalue weighted by Gasteiger charge is -2.29. The Balaban J connectivity index is 1.70. The number of para-hydroxylation sites is 1. The second-order valence-corrected chi connectivity index (χ2v) is 6.44. The van der Waals surface area contributed by atoms with Crippen LogP contribution in [0.4, 0.5) is 5.69 Å². The summed E-state index contributed by atoms with van der Waals surface area (Å²) >= 11 is 1.41. The molecule has 0 unspecified atom stereocenters. The van der Waals surface area contributed by atoms with Crippen LogP contribution in [0.3, 0.4) is 0 Å². The molecule has 0 bridgehead atoms. The molecule has 0 radical (unpaired) electrons. The summed E-state index contributed by atoms with van der Waals surface area (Å²) in [6.45, 7) is 4.69. The van der Waals surface area contributed by atoms with Crippen molar-refractivity contribution >= 4 is 23.4 Å². The second-order valence-electron chi connectivity index (χ2n) is 5.50. The molecular weight excluding hydrogens is 294 g/mol. The lowest BCUT2D eigenvalue weighted by atomic mass is 10.0. The summed E-state index contributed by atoms with van der Waals surface area (Å²) in [5.41, 5.74) is 4.19. The van der Waals surface area contributed by atoms with Crippen molar-refractivity contribution < 1.29 is 4.79 Å². The van der Waals surface area contributed by atoms with Crippen molar-refractivity contribution in [3.8, 4) is 0 Å². The lowest BCUT2D eigenvalue weighted by molar-refractivity contribution is -0.116. The highest BCUT2D eigenvalue weighted by Gasteiger charge is 2.22. The van der Waals surface area contributed by atoms with E-state index < -0.39 is 0 Å². The fraction of sp³-hybridized carbons (Fsp3) is 0.353. The fourth-order valence-corrected chi connectivity index (χ4v) is 3.58. The van der Waals surface area contributed by atoms with Gasteiger partial charge >= 0.3 is 0 Å². The van der Waals surface area contributed by atoms with Crippen LogP contribution >= 0.6 is 11.8 Å². The summed E-state index contributed by atoms with van der Waals surface area (Å²) in [6.07, 6.45) is 2.07. The summed E-state index contributed by atoms with van der Waals surface area (Å²) < 4.78 is 0. The first-order valence-corrected chi connectivity index (χ1v) is 8.45. The van der Waals surface area contributed by atoms with Crippen molar-refractivity contribution in [1.29, 1.82) is 0 Å². The van der Waals surface area contributed by atoms with Crippen molar-refractivity contribution in [2.24, 2.45) is 0 Å². The molecule has 1 aromatic heterocycles. The van der Waals surface area contributed by atoms with E-state index in [2.05, 4.69) is 16.0 Å². The van der Waals surface area contributed by atoms with Gasteiger partial charge in [0, 0.05) is 23.6 Å². The van der Waals surface area contributed by atoms with E-state index in [0.717, 1.165) is 36.5 Å². The van der Waals surface area contributed by atoms with E-state index in [1.54, 1.807) is 0 Å². The Morgan fingerprint density at radius 2 is 1.95 bits per heavy atom. The standard InChI is InChI=1S/C17H19N3OS/c1-12-10-13(2)19-17(18-12)22-11-16(21)20-9-5-7-14-6-3-4-8-15(14)20/h3-4,6,8,10H,5,7,9,11H2,1-2H3. The molecule has 2 heterocycles. The summed E-state index contributed by atoms with van der Waals surface area (Å²) in [4.78, 5) is 23.2. The Kier molecular flexibility index (Phi) is 4.43. The van der Waals surface area contributed by atoms with E-state index >= 15 is 0 Å². The highest BCUT2D eigenvalue weighted by Crippen LogP contribution is 2.27. The quantitative estimate of drug-likeness (QED) is 0.645. The van der Waals surface area contributed by atoms with Gasteiger partial charge in [-0.15, -0.1) is 0 Å². The van der Waals surface area contributed by atoms with Gasteiger partial charge in [0.05, 0.1) is 5.75 Å². The predicted octanol–water partition coefficient (Wildman–Crippen LogP) is 3.16. The third-order valence-corrected chi connectivity index (χ3v) is 4.53. The van der Waals surface area contributed by atoms with E-state index in [4.69, 9.17) is 0 Å². The van der Waals surface area contributed by atoms with E-state index in [-0.39, 0.29) is 5.91 Å². The fourth-order valence-electron chi connectivity index (χ4n) is 2.76. The normalized spacial score (nSPS) is 13.8. The first kappa shape index (κ1) is 15.0. The molecule has 114 valence electrons. The zero-order valence-electron chi connectivity index (χ0n) is 12.9. The summed E-state index contributed by atoms with van der Waals surface area (Å²) in [5, 5.41) is 0.677. The first-order chi connectivity index (χ1) is 10.6. The molecule has 0 aliphatic carbocycles. The van der Waals surface area contributed by atoms with Crippen molar-refractivity contribution in [3.05, 3.63) is 47.3 Å². The molecule has 4 nitrogen and oxygen atoms in total. The molecule has 0 saturated heterocycles. The molecular formula is C17H19N3OS. The number of benzene rings is 1. The molecule has 0 spiro atoms. The smallest absolute Gasteiger partial charge is 0.237 e. The molecule has 0 fully saturated rings. The Morgan fingerprint density at radius 3 is 2.73 bits per heavy atom. The second kappa shape index (κ2) is 6.48. The SMILES string of the molecule is Cc1cc(C)nc(SCC(=O)N2CCCc3ccccc32)n1. The van der Waals surface area contributed by atoms with Crippen LogP contribution in [0.1, 0.15) is 23.4 Å². The van der Waals surface area contributed by atoms with Gasteiger partial charge in [0.25, 0.3) is 0 Å². The maximum absolute atomic E-state index is 12.6. The summed E-state index contributed by atoms with van der Waals surface area (Å²) in [5.74, 6) is 0.497. The molecule has 1 aliphatic heterocycles. The zero-order valence-corrected chi connectivity index (χ0v) is 13.7. The van der Waals surface area contributed by atoms with Gasteiger partial charge in [-0.2, -0.15) is 0 Å². The molecule has 5 heteroatoms. The molecule has 3 rings (SSSR count). The number of aromatic nitrogens is 2. The van der Waals surface area contributed by atoms with Crippen molar-refractivity contribution in [3.63, 3.8) is 0 Å². The third kappa shape index (κ3) is 3.30. The number of anilines is 1. The molecule has 0 atom stereocenters. The number of carbonyl (C=O) groups excluding carboxylic acids is 1. The number of fused-ring (bicyclic) bond motifs is 1. The Labute approximate surface area is 135 Å². The zero-order chi connectivity index (χ0) is 15.5. The van der Waals surface area contributed by atoms with Gasteiger partial charge in [-0.1, -0.05) is 30.0 Å². The predicted molar refractivity (Wildman–Crippen MR) is 89.3 cm³/mol. The lowest BCUT2D eigenvalue weighted by Crippen LogP contribution is -2.36. The molecule has 2 aromatic rings. The van der Waals surface area contributed by atoms with Crippen LogP contribution in [0.15, 0.2) is 35.5 Å². The molecule has 22 heavy (non-hydrogen) atoms. The van der Waals surface area contributed by atoms with Crippen molar-refractivity contribution in [2.45, 2.75) is 31.8 Å². The molecule has 1 amide bonds. The average Bonchev–Trinajstić information content (AvgIpc) is 2.51. The minimum Gasteiger partial charge on any atom is -0.311 e. The number of hydrogen-bond donors (Lipinski definition) is 0.